The van der Waals surface area contributed by atoms with Crippen LogP contribution < -0.4 is 5.32 Å². The third kappa shape index (κ3) is 1.61. The van der Waals surface area contributed by atoms with Gasteiger partial charge in [0.1, 0.15) is 0 Å². The first-order valence-corrected chi connectivity index (χ1v) is 4.56. The zero-order chi connectivity index (χ0) is 8.39. The molecular formula is C8H16N2O2. The molecular weight excluding hydrogens is 156 g/mol. The summed E-state index contributed by atoms with van der Waals surface area (Å²) in [7, 11) is 0. The molecule has 0 aromatic rings. The number of nitrogens with one attached hydrogen (secondary N) is 1. The molecule has 2 N–H and O–H groups in total. The quantitative estimate of drug-likeness (QED) is 0.540. The third-order valence-electron chi connectivity index (χ3n) is 2.64. The van der Waals surface area contributed by atoms with Gasteiger partial charge in [-0.05, 0) is 0 Å². The van der Waals surface area contributed by atoms with Crippen LogP contribution in [0.15, 0.2) is 0 Å². The van der Waals surface area contributed by atoms with Crippen LogP contribution in [0.4, 0.5) is 0 Å². The number of rotatable bonds is 2. The molecule has 0 amide bonds. The van der Waals surface area contributed by atoms with Gasteiger partial charge in [-0.25, -0.2) is 0 Å². The van der Waals surface area contributed by atoms with E-state index in [0.717, 1.165) is 32.8 Å². The Kier molecular flexibility index (Phi) is 2.60. The summed E-state index contributed by atoms with van der Waals surface area (Å²) in [5.74, 6) is 0. The normalized spacial score (nSPS) is 33.2. The molecule has 0 aromatic carbocycles. The second kappa shape index (κ2) is 3.70. The first-order valence-electron chi connectivity index (χ1n) is 4.56. The van der Waals surface area contributed by atoms with Crippen LogP contribution in [0.2, 0.25) is 0 Å². The Morgan fingerprint density at radius 3 is 2.92 bits per heavy atom. The topological polar surface area (TPSA) is 44.7 Å². The van der Waals surface area contributed by atoms with Crippen LogP contribution in [0.3, 0.4) is 0 Å². The van der Waals surface area contributed by atoms with Crippen molar-refractivity contribution >= 4 is 0 Å². The lowest BCUT2D eigenvalue weighted by Gasteiger charge is -2.42. The van der Waals surface area contributed by atoms with Crippen molar-refractivity contribution in [2.24, 2.45) is 0 Å². The van der Waals surface area contributed by atoms with Gasteiger partial charge >= 0.3 is 0 Å². The fourth-order valence-electron chi connectivity index (χ4n) is 1.74. The maximum atomic E-state index is 8.96. The molecule has 2 aliphatic heterocycles. The lowest BCUT2D eigenvalue weighted by Crippen LogP contribution is -2.59. The Bertz CT molecular complexity index is 150. The van der Waals surface area contributed by atoms with Crippen LogP contribution in [-0.2, 0) is 4.74 Å². The molecule has 0 saturated carbocycles. The third-order valence-corrected chi connectivity index (χ3v) is 2.64. The van der Waals surface area contributed by atoms with Gasteiger partial charge in [0.05, 0.1) is 25.9 Å². The fourth-order valence-corrected chi connectivity index (χ4v) is 1.74. The van der Waals surface area contributed by atoms with E-state index in [1.54, 1.807) is 0 Å². The Morgan fingerprint density at radius 2 is 2.33 bits per heavy atom. The van der Waals surface area contributed by atoms with E-state index in [1.165, 1.54) is 0 Å². The molecule has 0 aliphatic carbocycles. The molecule has 4 heteroatoms. The van der Waals surface area contributed by atoms with E-state index in [9.17, 15) is 0 Å². The van der Waals surface area contributed by atoms with Gasteiger partial charge in [-0.2, -0.15) is 0 Å². The maximum Gasteiger partial charge on any atom is 0.0645 e. The van der Waals surface area contributed by atoms with Crippen molar-refractivity contribution in [2.75, 3.05) is 39.5 Å². The second-order valence-electron chi connectivity index (χ2n) is 3.52. The predicted octanol–water partition coefficient (Wildman–Crippen LogP) is -1.35. The summed E-state index contributed by atoms with van der Waals surface area (Å²) in [5.41, 5.74) is 0. The summed E-state index contributed by atoms with van der Waals surface area (Å²) >= 11 is 0. The van der Waals surface area contributed by atoms with E-state index in [-0.39, 0.29) is 12.6 Å². The smallest absolute Gasteiger partial charge is 0.0645 e. The molecule has 1 unspecified atom stereocenters. The number of nitrogens with zero attached hydrogens (tertiary/aromatic N) is 1. The average Bonchev–Trinajstić information content (AvgIpc) is 2.02. The van der Waals surface area contributed by atoms with Crippen molar-refractivity contribution < 1.29 is 9.84 Å². The monoisotopic (exact) mass is 172 g/mol. The van der Waals surface area contributed by atoms with Gasteiger partial charge in [0.2, 0.25) is 0 Å². The number of piperazine rings is 1. The summed E-state index contributed by atoms with van der Waals surface area (Å²) in [5, 5.41) is 12.2. The van der Waals surface area contributed by atoms with E-state index in [0.29, 0.717) is 6.04 Å². The minimum atomic E-state index is 0.240. The predicted molar refractivity (Wildman–Crippen MR) is 45.1 cm³/mol. The van der Waals surface area contributed by atoms with Crippen LogP contribution in [-0.4, -0.2) is 61.5 Å². The van der Waals surface area contributed by atoms with Gasteiger partial charge in [-0.3, -0.25) is 4.90 Å². The molecule has 2 aliphatic rings. The van der Waals surface area contributed by atoms with Gasteiger partial charge < -0.3 is 15.2 Å². The van der Waals surface area contributed by atoms with Crippen LogP contribution in [0.25, 0.3) is 0 Å². The van der Waals surface area contributed by atoms with Crippen LogP contribution in [0.5, 0.6) is 0 Å². The minimum Gasteiger partial charge on any atom is -0.395 e. The van der Waals surface area contributed by atoms with Gasteiger partial charge in [-0.15, -0.1) is 0 Å². The second-order valence-corrected chi connectivity index (χ2v) is 3.52. The number of hydrogen-bond donors (Lipinski definition) is 2. The fraction of sp³-hybridized carbons (Fsp3) is 1.00. The summed E-state index contributed by atoms with van der Waals surface area (Å²) < 4.78 is 5.13. The van der Waals surface area contributed by atoms with Gasteiger partial charge in [-0.1, -0.05) is 0 Å². The number of aliphatic hydroxyl groups excluding tert-OH is 1. The van der Waals surface area contributed by atoms with Gasteiger partial charge in [0.15, 0.2) is 0 Å². The standard InChI is InChI=1S/C8H16N2O2/c11-4-7-3-10(2-1-9-7)8-5-12-6-8/h7-9,11H,1-6H2. The lowest BCUT2D eigenvalue weighted by molar-refractivity contribution is -0.0740. The highest BCUT2D eigenvalue weighted by Crippen LogP contribution is 2.12. The average molecular weight is 172 g/mol. The number of ether oxygens (including phenoxy) is 1. The van der Waals surface area contributed by atoms with Gasteiger partial charge in [0, 0.05) is 25.7 Å². The lowest BCUT2D eigenvalue weighted by atomic mass is 10.1. The van der Waals surface area contributed by atoms with Crippen LogP contribution in [0, 0.1) is 0 Å². The van der Waals surface area contributed by atoms with Crippen molar-refractivity contribution in [3.8, 4) is 0 Å². The molecule has 4 nitrogen and oxygen atoms in total. The molecule has 2 fully saturated rings. The minimum absolute atomic E-state index is 0.240. The van der Waals surface area contributed by atoms with Crippen molar-refractivity contribution in [2.45, 2.75) is 12.1 Å². The van der Waals surface area contributed by atoms with Gasteiger partial charge in [0.25, 0.3) is 0 Å². The molecule has 2 saturated heterocycles. The number of aliphatic hydroxyl groups is 1. The Labute approximate surface area is 72.5 Å². The summed E-state index contributed by atoms with van der Waals surface area (Å²) in [6.45, 7) is 5.02. The van der Waals surface area contributed by atoms with Crippen molar-refractivity contribution in [1.82, 2.24) is 10.2 Å². The van der Waals surface area contributed by atoms with E-state index in [4.69, 9.17) is 9.84 Å². The van der Waals surface area contributed by atoms with E-state index in [2.05, 4.69) is 10.2 Å². The SMILES string of the molecule is OCC1CN(C2COC2)CCN1. The van der Waals surface area contributed by atoms with E-state index >= 15 is 0 Å². The van der Waals surface area contributed by atoms with E-state index < -0.39 is 0 Å². The molecule has 2 rings (SSSR count). The molecule has 12 heavy (non-hydrogen) atoms. The highest BCUT2D eigenvalue weighted by atomic mass is 16.5. The number of hydrogen-bond acceptors (Lipinski definition) is 4. The zero-order valence-electron chi connectivity index (χ0n) is 7.20. The molecule has 0 aromatic heterocycles. The molecule has 70 valence electrons. The summed E-state index contributed by atoms with van der Waals surface area (Å²) in [6, 6.07) is 0.875. The molecule has 0 spiro atoms. The highest BCUT2D eigenvalue weighted by molar-refractivity contribution is 4.85. The van der Waals surface area contributed by atoms with E-state index in [1.807, 2.05) is 0 Å². The Morgan fingerprint density at radius 1 is 1.50 bits per heavy atom. The Balaban J connectivity index is 1.81. The zero-order valence-corrected chi connectivity index (χ0v) is 7.20. The van der Waals surface area contributed by atoms with Crippen molar-refractivity contribution in [3.63, 3.8) is 0 Å². The van der Waals surface area contributed by atoms with Crippen molar-refractivity contribution in [3.05, 3.63) is 0 Å². The molecule has 0 radical (unpaired) electrons. The largest absolute Gasteiger partial charge is 0.395 e. The highest BCUT2D eigenvalue weighted by Gasteiger charge is 2.29. The first kappa shape index (κ1) is 8.44. The molecule has 0 bridgehead atoms. The molecule has 1 atom stereocenters. The first-order chi connectivity index (χ1) is 5.90. The Hall–Kier alpha value is -0.160. The van der Waals surface area contributed by atoms with Crippen molar-refractivity contribution in [1.29, 1.82) is 0 Å². The molecule has 2 heterocycles. The summed E-state index contributed by atoms with van der Waals surface area (Å²) in [6.07, 6.45) is 0. The van der Waals surface area contributed by atoms with Crippen LogP contribution >= 0.6 is 0 Å². The van der Waals surface area contributed by atoms with Crippen LogP contribution in [0.1, 0.15) is 0 Å². The summed E-state index contributed by atoms with van der Waals surface area (Å²) in [4.78, 5) is 2.40. The maximum absolute atomic E-state index is 8.96.